The van der Waals surface area contributed by atoms with Gasteiger partial charge < -0.3 is 4.74 Å². The maximum Gasteiger partial charge on any atom is 0.434 e. The highest BCUT2D eigenvalue weighted by Crippen LogP contribution is 2.10. The van der Waals surface area contributed by atoms with Crippen molar-refractivity contribution in [1.82, 2.24) is 9.78 Å². The molecule has 1 amide bonds. The van der Waals surface area contributed by atoms with E-state index in [4.69, 9.17) is 16.3 Å². The van der Waals surface area contributed by atoms with E-state index in [9.17, 15) is 4.79 Å². The third-order valence-electron chi connectivity index (χ3n) is 3.22. The first kappa shape index (κ1) is 16.0. The lowest BCUT2D eigenvalue weighted by Gasteiger charge is -2.03. The van der Waals surface area contributed by atoms with Crippen LogP contribution in [-0.4, -0.2) is 15.9 Å². The van der Waals surface area contributed by atoms with Crippen LogP contribution in [0.5, 0.6) is 0 Å². The average molecular weight is 340 g/mol. The van der Waals surface area contributed by atoms with Crippen molar-refractivity contribution in [2.75, 3.05) is 0 Å². The maximum atomic E-state index is 11.8. The molecule has 3 aromatic rings. The molecule has 0 aliphatic heterocycles. The van der Waals surface area contributed by atoms with E-state index < -0.39 is 6.09 Å². The standard InChI is InChI=1S/C18H14ClN3O2/c19-15-8-6-14(7-9-15)13-24-18(23)21-16-10-11-22(20-12-16)17-4-2-1-3-5-17/h1-12H,13H2. The number of rotatable bonds is 3. The number of hydrogen-bond donors (Lipinski definition) is 0. The fraction of sp³-hybridized carbons (Fsp3) is 0.0556. The van der Waals surface area contributed by atoms with E-state index in [0.29, 0.717) is 10.4 Å². The predicted molar refractivity (Wildman–Crippen MR) is 90.8 cm³/mol. The highest BCUT2D eigenvalue weighted by Gasteiger charge is 2.01. The Kier molecular flexibility index (Phi) is 5.03. The molecule has 2 aromatic carbocycles. The summed E-state index contributed by atoms with van der Waals surface area (Å²) in [6.45, 7) is 0.143. The fourth-order valence-corrected chi connectivity index (χ4v) is 2.14. The minimum absolute atomic E-state index is 0.143. The Bertz CT molecular complexity index is 870. The molecule has 0 N–H and O–H groups in total. The first-order chi connectivity index (χ1) is 11.7. The molecule has 24 heavy (non-hydrogen) atoms. The molecule has 0 aliphatic rings. The Morgan fingerprint density at radius 2 is 1.83 bits per heavy atom. The number of halogens is 1. The summed E-state index contributed by atoms with van der Waals surface area (Å²) in [7, 11) is 0. The molecule has 0 bridgehead atoms. The maximum absolute atomic E-state index is 11.8. The number of ether oxygens (including phenoxy) is 1. The van der Waals surface area contributed by atoms with E-state index in [0.717, 1.165) is 11.3 Å². The second kappa shape index (κ2) is 7.57. The third kappa shape index (κ3) is 4.30. The molecule has 3 rings (SSSR count). The number of carbonyl (C=O) groups is 1. The molecule has 0 aliphatic carbocycles. The number of hydrogen-bond acceptors (Lipinski definition) is 3. The van der Waals surface area contributed by atoms with Crippen LogP contribution in [0.25, 0.3) is 5.69 Å². The van der Waals surface area contributed by atoms with Gasteiger partial charge in [-0.2, -0.15) is 10.1 Å². The van der Waals surface area contributed by atoms with Gasteiger partial charge in [-0.1, -0.05) is 41.9 Å². The molecule has 0 radical (unpaired) electrons. The van der Waals surface area contributed by atoms with Crippen LogP contribution in [-0.2, 0) is 11.3 Å². The van der Waals surface area contributed by atoms with Crippen LogP contribution >= 0.6 is 11.6 Å². The van der Waals surface area contributed by atoms with Gasteiger partial charge in [-0.15, -0.1) is 0 Å². The number of amides is 1. The zero-order valence-electron chi connectivity index (χ0n) is 12.7. The second-order valence-electron chi connectivity index (χ2n) is 4.96. The van der Waals surface area contributed by atoms with Crippen LogP contribution in [0.3, 0.4) is 0 Å². The van der Waals surface area contributed by atoms with Crippen molar-refractivity contribution < 1.29 is 9.53 Å². The molecule has 1 heterocycles. The van der Waals surface area contributed by atoms with Gasteiger partial charge in [0.25, 0.3) is 0 Å². The highest BCUT2D eigenvalue weighted by molar-refractivity contribution is 6.30. The van der Waals surface area contributed by atoms with Crippen LogP contribution in [0.1, 0.15) is 5.56 Å². The summed E-state index contributed by atoms with van der Waals surface area (Å²) in [5, 5.41) is 5.30. The highest BCUT2D eigenvalue weighted by atomic mass is 35.5. The van der Waals surface area contributed by atoms with E-state index in [2.05, 4.69) is 10.1 Å². The number of carbonyl (C=O) groups excluding carboxylic acids is 1. The number of nitrogens with zero attached hydrogens (tertiary/aromatic N) is 3. The summed E-state index contributed by atoms with van der Waals surface area (Å²) in [4.78, 5) is 15.6. The zero-order valence-corrected chi connectivity index (χ0v) is 13.4. The number of aromatic nitrogens is 2. The van der Waals surface area contributed by atoms with Gasteiger partial charge in [0.1, 0.15) is 6.61 Å². The number of para-hydroxylation sites is 1. The molecule has 5 nitrogen and oxygen atoms in total. The normalized spacial score (nSPS) is 11.3. The largest absolute Gasteiger partial charge is 0.443 e. The minimum Gasteiger partial charge on any atom is -0.443 e. The third-order valence-corrected chi connectivity index (χ3v) is 3.47. The Morgan fingerprint density at radius 3 is 2.50 bits per heavy atom. The molecule has 120 valence electrons. The summed E-state index contributed by atoms with van der Waals surface area (Å²) in [6.07, 6.45) is 2.58. The summed E-state index contributed by atoms with van der Waals surface area (Å²) in [5.41, 5.74) is 1.77. The topological polar surface area (TPSA) is 56.5 Å². The molecular weight excluding hydrogens is 326 g/mol. The van der Waals surface area contributed by atoms with Crippen molar-refractivity contribution in [2.24, 2.45) is 4.99 Å². The Labute approximate surface area is 143 Å². The minimum atomic E-state index is -0.663. The van der Waals surface area contributed by atoms with E-state index in [1.807, 2.05) is 30.3 Å². The van der Waals surface area contributed by atoms with Crippen molar-refractivity contribution in [2.45, 2.75) is 6.61 Å². The molecule has 0 unspecified atom stereocenters. The van der Waals surface area contributed by atoms with Gasteiger partial charge in [-0.25, -0.2) is 9.48 Å². The Morgan fingerprint density at radius 1 is 1.08 bits per heavy atom. The van der Waals surface area contributed by atoms with Crippen LogP contribution in [0, 0.1) is 0 Å². The molecule has 6 heteroatoms. The summed E-state index contributed by atoms with van der Waals surface area (Å²) in [5.74, 6) is 0. The van der Waals surface area contributed by atoms with Crippen molar-refractivity contribution in [3.05, 3.63) is 89.0 Å². The van der Waals surface area contributed by atoms with E-state index in [1.165, 1.54) is 6.20 Å². The molecule has 0 saturated carbocycles. The van der Waals surface area contributed by atoms with Crippen LogP contribution in [0.4, 0.5) is 4.79 Å². The van der Waals surface area contributed by atoms with Crippen LogP contribution in [0.2, 0.25) is 5.02 Å². The molecule has 1 aromatic heterocycles. The first-order valence-corrected chi connectivity index (χ1v) is 7.65. The molecular formula is C18H14ClN3O2. The quantitative estimate of drug-likeness (QED) is 0.730. The van der Waals surface area contributed by atoms with E-state index in [1.54, 1.807) is 41.2 Å². The van der Waals surface area contributed by atoms with E-state index >= 15 is 0 Å². The lowest BCUT2D eigenvalue weighted by molar-refractivity contribution is 0.150. The molecule has 0 fully saturated rings. The predicted octanol–water partition coefficient (Wildman–Crippen LogP) is 3.76. The lowest BCUT2D eigenvalue weighted by Crippen LogP contribution is -2.11. The molecule has 0 saturated heterocycles. The lowest BCUT2D eigenvalue weighted by atomic mass is 10.2. The van der Waals surface area contributed by atoms with Gasteiger partial charge in [0.2, 0.25) is 0 Å². The SMILES string of the molecule is O=C(N=c1ccn(-c2ccccc2)nc1)OCc1ccc(Cl)cc1. The van der Waals surface area contributed by atoms with E-state index in [-0.39, 0.29) is 6.61 Å². The Hall–Kier alpha value is -2.92. The van der Waals surface area contributed by atoms with Crippen molar-refractivity contribution >= 4 is 17.7 Å². The van der Waals surface area contributed by atoms with Gasteiger partial charge in [-0.05, 0) is 35.9 Å². The van der Waals surface area contributed by atoms with Crippen LogP contribution < -0.4 is 5.36 Å². The Balaban J connectivity index is 1.65. The summed E-state index contributed by atoms with van der Waals surface area (Å²) in [6, 6.07) is 18.4. The average Bonchev–Trinajstić information content (AvgIpc) is 2.63. The second-order valence-corrected chi connectivity index (χ2v) is 5.39. The van der Waals surface area contributed by atoms with Crippen LogP contribution in [0.15, 0.2) is 78.0 Å². The monoisotopic (exact) mass is 339 g/mol. The number of benzene rings is 2. The molecule has 0 spiro atoms. The smallest absolute Gasteiger partial charge is 0.434 e. The van der Waals surface area contributed by atoms with Gasteiger partial charge in [-0.3, -0.25) is 0 Å². The van der Waals surface area contributed by atoms with Crippen molar-refractivity contribution in [3.63, 3.8) is 0 Å². The van der Waals surface area contributed by atoms with Crippen molar-refractivity contribution in [3.8, 4) is 5.69 Å². The summed E-state index contributed by atoms with van der Waals surface area (Å²) < 4.78 is 6.80. The zero-order chi connectivity index (χ0) is 16.8. The summed E-state index contributed by atoms with van der Waals surface area (Å²) >= 11 is 5.80. The van der Waals surface area contributed by atoms with Gasteiger partial charge in [0, 0.05) is 11.2 Å². The van der Waals surface area contributed by atoms with Crippen molar-refractivity contribution in [1.29, 1.82) is 0 Å². The molecule has 0 atom stereocenters. The fourth-order valence-electron chi connectivity index (χ4n) is 2.01. The van der Waals surface area contributed by atoms with Gasteiger partial charge >= 0.3 is 6.09 Å². The van der Waals surface area contributed by atoms with Gasteiger partial charge in [0.15, 0.2) is 0 Å². The van der Waals surface area contributed by atoms with Gasteiger partial charge in [0.05, 0.1) is 17.2 Å². The first-order valence-electron chi connectivity index (χ1n) is 7.27.